The first-order chi connectivity index (χ1) is 13.1. The summed E-state index contributed by atoms with van der Waals surface area (Å²) in [5.41, 5.74) is 2.54. The van der Waals surface area contributed by atoms with Gasteiger partial charge in [0.25, 0.3) is 5.91 Å². The molecule has 0 saturated carbocycles. The van der Waals surface area contributed by atoms with Gasteiger partial charge in [0.05, 0.1) is 24.9 Å². The van der Waals surface area contributed by atoms with E-state index in [9.17, 15) is 4.79 Å². The molecule has 0 aliphatic carbocycles. The zero-order valence-corrected chi connectivity index (χ0v) is 15.7. The lowest BCUT2D eigenvalue weighted by molar-refractivity contribution is 0.0946. The number of benzene rings is 1. The largest absolute Gasteiger partial charge is 0.497 e. The van der Waals surface area contributed by atoms with Crippen LogP contribution in [0, 0.1) is 0 Å². The van der Waals surface area contributed by atoms with Gasteiger partial charge in [-0.2, -0.15) is 0 Å². The fourth-order valence-corrected chi connectivity index (χ4v) is 2.74. The summed E-state index contributed by atoms with van der Waals surface area (Å²) in [5, 5.41) is 3.37. The Bertz CT molecular complexity index is 923. The zero-order chi connectivity index (χ0) is 19.2. The van der Waals surface area contributed by atoms with Crippen LogP contribution >= 0.6 is 11.6 Å². The van der Waals surface area contributed by atoms with Crippen molar-refractivity contribution in [2.24, 2.45) is 0 Å². The first kappa shape index (κ1) is 18.7. The number of carbonyl (C=O) groups is 1. The molecule has 2 heterocycles. The highest BCUT2D eigenvalue weighted by molar-refractivity contribution is 6.33. The fourth-order valence-electron chi connectivity index (χ4n) is 2.51. The fraction of sp³-hybridized carbons (Fsp3) is 0.150. The summed E-state index contributed by atoms with van der Waals surface area (Å²) >= 11 is 6.14. The molecule has 0 aliphatic rings. The number of ether oxygens (including phenoxy) is 2. The maximum Gasteiger partial charge on any atom is 0.270 e. The molecule has 3 rings (SSSR count). The summed E-state index contributed by atoms with van der Waals surface area (Å²) in [7, 11) is 3.16. The molecule has 3 aromatic rings. The number of hydrogen-bond donors (Lipinski definition) is 1. The summed E-state index contributed by atoms with van der Waals surface area (Å²) in [6, 6.07) is 12.4. The predicted octanol–water partition coefficient (Wildman–Crippen LogP) is 3.74. The van der Waals surface area contributed by atoms with Crippen molar-refractivity contribution in [3.8, 4) is 22.8 Å². The van der Waals surface area contributed by atoms with E-state index < -0.39 is 0 Å². The van der Waals surface area contributed by atoms with Gasteiger partial charge in [-0.15, -0.1) is 0 Å². The lowest BCUT2D eigenvalue weighted by Crippen LogP contribution is -2.23. The Morgan fingerprint density at radius 2 is 1.81 bits per heavy atom. The molecule has 27 heavy (non-hydrogen) atoms. The minimum Gasteiger partial charge on any atom is -0.497 e. The van der Waals surface area contributed by atoms with Crippen LogP contribution in [0.15, 0.2) is 54.9 Å². The van der Waals surface area contributed by atoms with E-state index >= 15 is 0 Å². The number of aromatic nitrogens is 2. The van der Waals surface area contributed by atoms with Crippen LogP contribution in [0.3, 0.4) is 0 Å². The van der Waals surface area contributed by atoms with Crippen molar-refractivity contribution in [2.45, 2.75) is 6.54 Å². The third-order valence-corrected chi connectivity index (χ3v) is 4.20. The number of halogens is 1. The van der Waals surface area contributed by atoms with Gasteiger partial charge in [-0.25, -0.2) is 0 Å². The smallest absolute Gasteiger partial charge is 0.270 e. The van der Waals surface area contributed by atoms with Crippen molar-refractivity contribution in [3.05, 3.63) is 71.1 Å². The lowest BCUT2D eigenvalue weighted by Gasteiger charge is -2.10. The van der Waals surface area contributed by atoms with E-state index in [2.05, 4.69) is 15.3 Å². The number of pyridine rings is 2. The number of hydrogen-bond acceptors (Lipinski definition) is 5. The van der Waals surface area contributed by atoms with Crippen LogP contribution in [0.4, 0.5) is 0 Å². The number of nitrogens with zero attached hydrogens (tertiary/aromatic N) is 2. The normalized spacial score (nSPS) is 10.3. The van der Waals surface area contributed by atoms with Gasteiger partial charge in [0.1, 0.15) is 17.2 Å². The van der Waals surface area contributed by atoms with E-state index in [1.54, 1.807) is 56.9 Å². The van der Waals surface area contributed by atoms with Crippen LogP contribution in [-0.2, 0) is 6.54 Å². The van der Waals surface area contributed by atoms with Gasteiger partial charge < -0.3 is 14.8 Å². The zero-order valence-electron chi connectivity index (χ0n) is 14.9. The molecule has 0 spiro atoms. The van der Waals surface area contributed by atoms with Crippen LogP contribution in [-0.4, -0.2) is 30.1 Å². The first-order valence-corrected chi connectivity index (χ1v) is 8.55. The van der Waals surface area contributed by atoms with Gasteiger partial charge in [-0.1, -0.05) is 11.6 Å². The highest BCUT2D eigenvalue weighted by Crippen LogP contribution is 2.24. The number of nitrogens with one attached hydrogen (secondary N) is 1. The van der Waals surface area contributed by atoms with Gasteiger partial charge in [0.2, 0.25) is 0 Å². The van der Waals surface area contributed by atoms with Crippen LogP contribution in [0.5, 0.6) is 11.5 Å². The Morgan fingerprint density at radius 3 is 2.41 bits per heavy atom. The van der Waals surface area contributed by atoms with Gasteiger partial charge in [0, 0.05) is 30.6 Å². The molecular formula is C20H18ClN3O3. The molecule has 1 N–H and O–H groups in total. The predicted molar refractivity (Wildman–Crippen MR) is 103 cm³/mol. The molecule has 0 aliphatic heterocycles. The lowest BCUT2D eigenvalue weighted by atomic mass is 10.1. The third-order valence-electron chi connectivity index (χ3n) is 3.89. The van der Waals surface area contributed by atoms with Crippen LogP contribution in [0.2, 0.25) is 5.02 Å². The second kappa shape index (κ2) is 8.51. The van der Waals surface area contributed by atoms with Crippen molar-refractivity contribution in [3.63, 3.8) is 0 Å². The molecular weight excluding hydrogens is 366 g/mol. The van der Waals surface area contributed by atoms with Crippen LogP contribution < -0.4 is 14.8 Å². The summed E-state index contributed by atoms with van der Waals surface area (Å²) < 4.78 is 10.5. The Labute approximate surface area is 162 Å². The Morgan fingerprint density at radius 1 is 1.07 bits per heavy atom. The standard InChI is InChI=1S/C20H18ClN3O3/c1-26-15-8-13(9-16(10-15)27-2)11-24-20(25)18-6-5-14(12-23-18)19-17(21)4-3-7-22-19/h3-10,12H,11H2,1-2H3,(H,24,25). The molecule has 0 bridgehead atoms. The quantitative estimate of drug-likeness (QED) is 0.701. The van der Waals surface area contributed by atoms with Crippen LogP contribution in [0.1, 0.15) is 16.1 Å². The summed E-state index contributed by atoms with van der Waals surface area (Å²) in [6.45, 7) is 0.321. The van der Waals surface area contributed by atoms with E-state index in [0.29, 0.717) is 34.5 Å². The Kier molecular flexibility index (Phi) is 5.88. The maximum atomic E-state index is 12.4. The second-order valence-corrected chi connectivity index (χ2v) is 6.08. The second-order valence-electron chi connectivity index (χ2n) is 5.67. The van der Waals surface area contributed by atoms with E-state index in [-0.39, 0.29) is 5.91 Å². The van der Waals surface area contributed by atoms with E-state index in [1.165, 1.54) is 0 Å². The molecule has 1 aromatic carbocycles. The maximum absolute atomic E-state index is 12.4. The molecule has 6 nitrogen and oxygen atoms in total. The van der Waals surface area contributed by atoms with Crippen molar-refractivity contribution in [1.82, 2.24) is 15.3 Å². The third kappa shape index (κ3) is 4.54. The molecule has 7 heteroatoms. The summed E-state index contributed by atoms with van der Waals surface area (Å²) in [6.07, 6.45) is 3.24. The van der Waals surface area contributed by atoms with E-state index in [0.717, 1.165) is 11.1 Å². The Balaban J connectivity index is 1.69. The van der Waals surface area contributed by atoms with E-state index in [1.807, 2.05) is 12.1 Å². The monoisotopic (exact) mass is 383 g/mol. The molecule has 1 amide bonds. The van der Waals surface area contributed by atoms with E-state index in [4.69, 9.17) is 21.1 Å². The first-order valence-electron chi connectivity index (χ1n) is 8.18. The molecule has 0 atom stereocenters. The molecule has 0 saturated heterocycles. The van der Waals surface area contributed by atoms with Crippen molar-refractivity contribution >= 4 is 17.5 Å². The highest BCUT2D eigenvalue weighted by atomic mass is 35.5. The van der Waals surface area contributed by atoms with Crippen molar-refractivity contribution in [2.75, 3.05) is 14.2 Å². The van der Waals surface area contributed by atoms with Gasteiger partial charge in [-0.3, -0.25) is 14.8 Å². The number of methoxy groups -OCH3 is 2. The van der Waals surface area contributed by atoms with Crippen LogP contribution in [0.25, 0.3) is 11.3 Å². The van der Waals surface area contributed by atoms with Gasteiger partial charge in [-0.05, 0) is 42.0 Å². The molecule has 0 unspecified atom stereocenters. The van der Waals surface area contributed by atoms with Crippen molar-refractivity contribution < 1.29 is 14.3 Å². The highest BCUT2D eigenvalue weighted by Gasteiger charge is 2.10. The molecule has 0 fully saturated rings. The molecule has 0 radical (unpaired) electrons. The SMILES string of the molecule is COc1cc(CNC(=O)c2ccc(-c3ncccc3Cl)cn2)cc(OC)c1. The van der Waals surface area contributed by atoms with Crippen molar-refractivity contribution in [1.29, 1.82) is 0 Å². The summed E-state index contributed by atoms with van der Waals surface area (Å²) in [4.78, 5) is 20.8. The average molecular weight is 384 g/mol. The molecule has 2 aromatic heterocycles. The topological polar surface area (TPSA) is 73.3 Å². The summed E-state index contributed by atoms with van der Waals surface area (Å²) in [5.74, 6) is 1.04. The van der Waals surface area contributed by atoms with Gasteiger partial charge >= 0.3 is 0 Å². The number of carbonyl (C=O) groups excluding carboxylic acids is 1. The average Bonchev–Trinajstić information content (AvgIpc) is 2.72. The number of rotatable bonds is 6. The minimum absolute atomic E-state index is 0.282. The Hall–Kier alpha value is -3.12. The molecule has 138 valence electrons. The van der Waals surface area contributed by atoms with Gasteiger partial charge in [0.15, 0.2) is 0 Å². The number of amides is 1. The minimum atomic E-state index is -0.282.